The van der Waals surface area contributed by atoms with Crippen LogP contribution in [0.15, 0.2) is 40.2 Å². The molecule has 0 aliphatic rings. The fourth-order valence-corrected chi connectivity index (χ4v) is 4.05. The molecule has 19 heavy (non-hydrogen) atoms. The van der Waals surface area contributed by atoms with Crippen molar-refractivity contribution < 1.29 is 9.35 Å². The Morgan fingerprint density at radius 3 is 2.58 bits per heavy atom. The number of thiophene rings is 1. The van der Waals surface area contributed by atoms with E-state index >= 15 is 0 Å². The van der Waals surface area contributed by atoms with E-state index in [-0.39, 0.29) is 5.78 Å². The molecule has 0 saturated carbocycles. The molecule has 0 amide bonds. The predicted molar refractivity (Wildman–Crippen MR) is 84.4 cm³/mol. The van der Waals surface area contributed by atoms with Gasteiger partial charge in [0, 0.05) is 10.9 Å². The highest BCUT2D eigenvalue weighted by molar-refractivity contribution is 9.10. The number of carbonyl (C=O) groups excluding carboxylic acids is 1. The lowest BCUT2D eigenvalue weighted by atomic mass is 10.1. The highest BCUT2D eigenvalue weighted by Crippen LogP contribution is 2.37. The second-order valence-corrected chi connectivity index (χ2v) is 7.01. The molecule has 0 bridgehead atoms. The molecule has 0 fully saturated rings. The van der Waals surface area contributed by atoms with Crippen LogP contribution in [0.1, 0.15) is 15.2 Å². The first-order valence-electron chi connectivity index (χ1n) is 5.46. The van der Waals surface area contributed by atoms with Gasteiger partial charge in [-0.3, -0.25) is 4.79 Å². The Bertz CT molecular complexity index is 584. The fourth-order valence-electron chi connectivity index (χ4n) is 1.63. The smallest absolute Gasteiger partial charge is 0.205 e. The summed E-state index contributed by atoms with van der Waals surface area (Å²) in [5, 5.41) is 1.84. The number of ketones is 1. The summed E-state index contributed by atoms with van der Waals surface area (Å²) in [4.78, 5) is 13.1. The van der Waals surface area contributed by atoms with Gasteiger partial charge >= 0.3 is 0 Å². The minimum Gasteiger partial charge on any atom is -0.593 e. The van der Waals surface area contributed by atoms with Gasteiger partial charge in [0.2, 0.25) is 5.78 Å². The molecule has 0 radical (unpaired) electrons. The van der Waals surface area contributed by atoms with Crippen LogP contribution in [0.25, 0.3) is 0 Å². The molecule has 1 heterocycles. The number of hydrogen-bond acceptors (Lipinski definition) is 4. The minimum absolute atomic E-state index is 0.0522. The predicted octanol–water partition coefficient (Wildman–Crippen LogP) is 3.47. The molecular weight excluding hydrogens is 346 g/mol. The second-order valence-electron chi connectivity index (χ2n) is 3.88. The lowest BCUT2D eigenvalue weighted by molar-refractivity contribution is 0.104. The van der Waals surface area contributed by atoms with E-state index in [2.05, 4.69) is 15.9 Å². The third-order valence-electron chi connectivity index (χ3n) is 2.66. The van der Waals surface area contributed by atoms with Gasteiger partial charge < -0.3 is 4.55 Å². The quantitative estimate of drug-likeness (QED) is 0.621. The summed E-state index contributed by atoms with van der Waals surface area (Å²) in [7, 11) is 1.71. The van der Waals surface area contributed by atoms with Crippen molar-refractivity contribution in [1.82, 2.24) is 0 Å². The van der Waals surface area contributed by atoms with Crippen LogP contribution in [-0.4, -0.2) is 23.6 Å². The molecule has 0 spiro atoms. The molecule has 0 saturated heterocycles. The summed E-state index contributed by atoms with van der Waals surface area (Å²) in [6.45, 7) is 0. The maximum absolute atomic E-state index is 12.5. The molecule has 6 heteroatoms. The van der Waals surface area contributed by atoms with Gasteiger partial charge in [-0.15, -0.1) is 11.3 Å². The zero-order chi connectivity index (χ0) is 14.0. The molecule has 2 rings (SSSR count). The van der Waals surface area contributed by atoms with E-state index in [1.807, 2.05) is 23.6 Å². The van der Waals surface area contributed by atoms with Gasteiger partial charge in [-0.25, -0.2) is 0 Å². The van der Waals surface area contributed by atoms with E-state index in [9.17, 15) is 9.35 Å². The summed E-state index contributed by atoms with van der Waals surface area (Å²) in [6, 6.07) is 9.09. The Hall–Kier alpha value is -0.820. The lowest BCUT2D eigenvalue weighted by Gasteiger charge is -2.19. The van der Waals surface area contributed by atoms with Gasteiger partial charge in [0.1, 0.15) is 16.8 Å². The zero-order valence-corrected chi connectivity index (χ0v) is 13.6. The Morgan fingerprint density at radius 2 is 2.00 bits per heavy atom. The van der Waals surface area contributed by atoms with Gasteiger partial charge in [0.05, 0.1) is 22.9 Å². The number of halogens is 1. The third kappa shape index (κ3) is 3.02. The van der Waals surface area contributed by atoms with E-state index in [1.54, 1.807) is 29.7 Å². The van der Waals surface area contributed by atoms with Crippen molar-refractivity contribution in [3.63, 3.8) is 0 Å². The Morgan fingerprint density at radius 1 is 1.37 bits per heavy atom. The van der Waals surface area contributed by atoms with Crippen LogP contribution in [0.2, 0.25) is 0 Å². The van der Waals surface area contributed by atoms with Crippen molar-refractivity contribution in [1.29, 1.82) is 0 Å². The van der Waals surface area contributed by atoms with Crippen molar-refractivity contribution in [2.75, 3.05) is 17.6 Å². The number of rotatable bonds is 4. The highest BCUT2D eigenvalue weighted by atomic mass is 79.9. The summed E-state index contributed by atoms with van der Waals surface area (Å²) >= 11 is 3.59. The molecule has 0 aliphatic heterocycles. The van der Waals surface area contributed by atoms with E-state index < -0.39 is 11.4 Å². The molecule has 1 unspecified atom stereocenters. The van der Waals surface area contributed by atoms with Crippen LogP contribution in [0.3, 0.4) is 0 Å². The van der Waals surface area contributed by atoms with E-state index in [4.69, 9.17) is 0 Å². The van der Waals surface area contributed by atoms with Crippen LogP contribution in [0.4, 0.5) is 5.69 Å². The molecule has 3 nitrogen and oxygen atoms in total. The Labute approximate surface area is 127 Å². The average Bonchev–Trinajstić information content (AvgIpc) is 2.79. The first kappa shape index (κ1) is 14.6. The van der Waals surface area contributed by atoms with Crippen molar-refractivity contribution in [2.24, 2.45) is 0 Å². The van der Waals surface area contributed by atoms with Crippen molar-refractivity contribution in [3.8, 4) is 0 Å². The van der Waals surface area contributed by atoms with Crippen LogP contribution < -0.4 is 4.31 Å². The van der Waals surface area contributed by atoms with Gasteiger partial charge in [0.25, 0.3) is 0 Å². The van der Waals surface area contributed by atoms with Crippen LogP contribution in [-0.2, 0) is 11.4 Å². The first-order valence-corrected chi connectivity index (χ1v) is 8.65. The third-order valence-corrected chi connectivity index (χ3v) is 5.49. The first-order chi connectivity index (χ1) is 9.02. The molecule has 1 aromatic heterocycles. The van der Waals surface area contributed by atoms with Gasteiger partial charge in [-0.05, 0) is 15.9 Å². The normalized spacial score (nSPS) is 12.2. The van der Waals surface area contributed by atoms with E-state index in [0.29, 0.717) is 16.1 Å². The molecule has 1 atom stereocenters. The summed E-state index contributed by atoms with van der Waals surface area (Å²) in [6.07, 6.45) is 1.58. The molecule has 1 aromatic carbocycles. The van der Waals surface area contributed by atoms with Crippen molar-refractivity contribution in [2.45, 2.75) is 0 Å². The molecule has 0 N–H and O–H groups in total. The number of anilines is 1. The molecule has 0 aliphatic carbocycles. The van der Waals surface area contributed by atoms with E-state index in [1.165, 1.54) is 11.3 Å². The maximum atomic E-state index is 12.5. The highest BCUT2D eigenvalue weighted by Gasteiger charge is 2.25. The number of nitrogens with zero attached hydrogens (tertiary/aromatic N) is 1. The van der Waals surface area contributed by atoms with Crippen LogP contribution >= 0.6 is 27.3 Å². The number of benzene rings is 1. The molecule has 2 aromatic rings. The van der Waals surface area contributed by atoms with Crippen molar-refractivity contribution >= 4 is 50.1 Å². The van der Waals surface area contributed by atoms with E-state index in [0.717, 1.165) is 4.47 Å². The zero-order valence-electron chi connectivity index (χ0n) is 10.4. The SMILES string of the molecule is CN(c1c(Br)csc1C(=O)c1ccccc1)[S+](C)[O-]. The summed E-state index contributed by atoms with van der Waals surface area (Å²) in [5.41, 5.74) is 1.31. The largest absolute Gasteiger partial charge is 0.593 e. The standard InChI is InChI=1S/C13H12BrNO2S2/c1-15(19(2)17)11-10(14)8-18-13(11)12(16)9-6-4-3-5-7-9/h3-8H,1-2H3. The van der Waals surface area contributed by atoms with Gasteiger partial charge in [-0.2, -0.15) is 4.31 Å². The minimum atomic E-state index is -1.18. The Balaban J connectivity index is 2.44. The number of carbonyl (C=O) groups is 1. The average molecular weight is 358 g/mol. The van der Waals surface area contributed by atoms with Crippen LogP contribution in [0, 0.1) is 0 Å². The molecule has 100 valence electrons. The summed E-state index contributed by atoms with van der Waals surface area (Å²) < 4.78 is 14.0. The fraction of sp³-hybridized carbons (Fsp3) is 0.154. The molecular formula is C13H12BrNO2S2. The number of hydrogen-bond donors (Lipinski definition) is 0. The second kappa shape index (κ2) is 6.09. The maximum Gasteiger partial charge on any atom is 0.205 e. The Kier molecular flexibility index (Phi) is 4.67. The lowest BCUT2D eigenvalue weighted by Crippen LogP contribution is -2.26. The summed E-state index contributed by atoms with van der Waals surface area (Å²) in [5.74, 6) is -0.0522. The van der Waals surface area contributed by atoms with Gasteiger partial charge in [-0.1, -0.05) is 30.3 Å². The van der Waals surface area contributed by atoms with Gasteiger partial charge in [0.15, 0.2) is 0 Å². The monoisotopic (exact) mass is 357 g/mol. The topological polar surface area (TPSA) is 43.4 Å². The van der Waals surface area contributed by atoms with Crippen LogP contribution in [0.5, 0.6) is 0 Å². The van der Waals surface area contributed by atoms with Crippen molar-refractivity contribution in [3.05, 3.63) is 50.6 Å².